The van der Waals surface area contributed by atoms with Crippen molar-refractivity contribution in [2.24, 2.45) is 7.05 Å². The van der Waals surface area contributed by atoms with E-state index >= 15 is 0 Å². The molecule has 0 saturated heterocycles. The molecule has 150 valence electrons. The highest BCUT2D eigenvalue weighted by atomic mass is 19.1. The Balaban J connectivity index is 2.02. The molecule has 7 nitrogen and oxygen atoms in total. The zero-order chi connectivity index (χ0) is 21.1. The van der Waals surface area contributed by atoms with Gasteiger partial charge in [-0.2, -0.15) is 10.4 Å². The van der Waals surface area contributed by atoms with Gasteiger partial charge in [0, 0.05) is 7.05 Å². The summed E-state index contributed by atoms with van der Waals surface area (Å²) in [5.41, 5.74) is 9.89. The Kier molecular flexibility index (Phi) is 5.78. The Morgan fingerprint density at radius 3 is 2.72 bits per heavy atom. The minimum Gasteiger partial charge on any atom is -0.467 e. The number of rotatable bonds is 6. The van der Waals surface area contributed by atoms with E-state index in [-0.39, 0.29) is 17.5 Å². The number of hydrogen-bond acceptors (Lipinski definition) is 6. The van der Waals surface area contributed by atoms with Gasteiger partial charge in [0.1, 0.15) is 23.7 Å². The lowest BCUT2D eigenvalue weighted by molar-refractivity contribution is 0.217. The van der Waals surface area contributed by atoms with E-state index in [4.69, 9.17) is 10.5 Å². The maximum Gasteiger partial charge on any atom is 0.258 e. The van der Waals surface area contributed by atoms with E-state index in [0.717, 1.165) is 23.2 Å². The van der Waals surface area contributed by atoms with Crippen LogP contribution in [0.2, 0.25) is 0 Å². The molecule has 3 aromatic rings. The average molecular weight is 394 g/mol. The molecule has 2 N–H and O–H groups in total. The largest absolute Gasteiger partial charge is 0.467 e. The molecule has 3 rings (SSSR count). The average Bonchev–Trinajstić information content (AvgIpc) is 3.04. The Labute approximate surface area is 169 Å². The van der Waals surface area contributed by atoms with Crippen LogP contribution >= 0.6 is 0 Å². The molecule has 1 atom stereocenters. The van der Waals surface area contributed by atoms with Gasteiger partial charge >= 0.3 is 0 Å². The molecule has 0 bridgehead atoms. The van der Waals surface area contributed by atoms with Crippen molar-refractivity contribution in [2.75, 3.05) is 5.73 Å². The van der Waals surface area contributed by atoms with Crippen LogP contribution in [0, 0.1) is 17.1 Å². The second-order valence-corrected chi connectivity index (χ2v) is 6.66. The third kappa shape index (κ3) is 3.90. The zero-order valence-electron chi connectivity index (χ0n) is 16.9. The molecule has 2 aromatic heterocycles. The van der Waals surface area contributed by atoms with E-state index < -0.39 is 6.10 Å². The lowest BCUT2D eigenvalue weighted by Crippen LogP contribution is -2.10. The number of aromatic nitrogens is 4. The van der Waals surface area contributed by atoms with Gasteiger partial charge < -0.3 is 10.5 Å². The van der Waals surface area contributed by atoms with Crippen LogP contribution in [0.25, 0.3) is 11.3 Å². The van der Waals surface area contributed by atoms with E-state index in [0.29, 0.717) is 23.4 Å². The third-order valence-corrected chi connectivity index (χ3v) is 4.80. The van der Waals surface area contributed by atoms with Gasteiger partial charge in [0.2, 0.25) is 0 Å². The molecular weight excluding hydrogens is 371 g/mol. The predicted octanol–water partition coefficient (Wildman–Crippen LogP) is 3.73. The first-order valence-corrected chi connectivity index (χ1v) is 9.43. The molecule has 0 aliphatic rings. The molecule has 0 radical (unpaired) electrons. The molecule has 0 aliphatic carbocycles. The van der Waals surface area contributed by atoms with Crippen LogP contribution < -0.4 is 10.5 Å². The van der Waals surface area contributed by atoms with Crippen LogP contribution in [0.5, 0.6) is 5.88 Å². The number of aryl methyl sites for hydroxylation is 3. The van der Waals surface area contributed by atoms with Crippen molar-refractivity contribution in [1.29, 1.82) is 5.26 Å². The molecule has 0 spiro atoms. The molecular formula is C21H23FN6O. The van der Waals surface area contributed by atoms with Crippen LogP contribution in [-0.4, -0.2) is 19.7 Å². The van der Waals surface area contributed by atoms with Crippen molar-refractivity contribution in [3.63, 3.8) is 0 Å². The first-order chi connectivity index (χ1) is 13.9. The van der Waals surface area contributed by atoms with Gasteiger partial charge in [0.25, 0.3) is 5.88 Å². The predicted molar refractivity (Wildman–Crippen MR) is 108 cm³/mol. The third-order valence-electron chi connectivity index (χ3n) is 4.80. The summed E-state index contributed by atoms with van der Waals surface area (Å²) in [5.74, 6) is -0.0753. The molecule has 0 aliphatic heterocycles. The van der Waals surface area contributed by atoms with E-state index in [1.165, 1.54) is 23.0 Å². The van der Waals surface area contributed by atoms with Gasteiger partial charge in [0.15, 0.2) is 5.82 Å². The Hall–Kier alpha value is -3.47. The molecule has 0 unspecified atom stereocenters. The standard InChI is InChI=1S/C21H23FN6O/c1-5-13-7-8-14(22)9-15(13)12(3)29-21-20(24)25-11-17(26-21)19-16(6-2)27-28(4)18(19)10-23/h7-9,11-12H,5-6H2,1-4H3,(H2,24,25)/t12-/m1/s1. The second-order valence-electron chi connectivity index (χ2n) is 6.66. The fourth-order valence-electron chi connectivity index (χ4n) is 3.31. The molecule has 0 saturated carbocycles. The van der Waals surface area contributed by atoms with Crippen LogP contribution in [0.4, 0.5) is 10.2 Å². The van der Waals surface area contributed by atoms with Crippen molar-refractivity contribution in [3.05, 3.63) is 52.7 Å². The van der Waals surface area contributed by atoms with E-state index in [1.54, 1.807) is 13.1 Å². The Morgan fingerprint density at radius 1 is 1.31 bits per heavy atom. The summed E-state index contributed by atoms with van der Waals surface area (Å²) in [4.78, 5) is 8.70. The van der Waals surface area contributed by atoms with Crippen molar-refractivity contribution in [3.8, 4) is 23.2 Å². The fraction of sp³-hybridized carbons (Fsp3) is 0.333. The van der Waals surface area contributed by atoms with Crippen LogP contribution in [0.15, 0.2) is 24.4 Å². The number of ether oxygens (including phenoxy) is 1. The number of halogens is 1. The summed E-state index contributed by atoms with van der Waals surface area (Å²) in [6.45, 7) is 5.76. The van der Waals surface area contributed by atoms with E-state index in [2.05, 4.69) is 21.1 Å². The molecule has 29 heavy (non-hydrogen) atoms. The summed E-state index contributed by atoms with van der Waals surface area (Å²) < 4.78 is 21.3. The maximum absolute atomic E-state index is 13.8. The number of nitrogens with zero attached hydrogens (tertiary/aromatic N) is 5. The fourth-order valence-corrected chi connectivity index (χ4v) is 3.31. The number of nitrogen functional groups attached to an aromatic ring is 1. The Morgan fingerprint density at radius 2 is 2.07 bits per heavy atom. The number of nitriles is 1. The molecule has 8 heteroatoms. The summed E-state index contributed by atoms with van der Waals surface area (Å²) in [6.07, 6.45) is 2.39. The number of anilines is 1. The van der Waals surface area contributed by atoms with Crippen molar-refractivity contribution in [2.45, 2.75) is 39.7 Å². The minimum absolute atomic E-state index is 0.121. The highest BCUT2D eigenvalue weighted by Gasteiger charge is 2.21. The lowest BCUT2D eigenvalue weighted by Gasteiger charge is -2.18. The van der Waals surface area contributed by atoms with Crippen molar-refractivity contribution in [1.82, 2.24) is 19.7 Å². The minimum atomic E-state index is -0.484. The topological polar surface area (TPSA) is 103 Å². The van der Waals surface area contributed by atoms with Crippen molar-refractivity contribution >= 4 is 5.82 Å². The number of hydrogen-bond donors (Lipinski definition) is 1. The first-order valence-electron chi connectivity index (χ1n) is 9.43. The normalized spacial score (nSPS) is 11.9. The monoisotopic (exact) mass is 394 g/mol. The van der Waals surface area contributed by atoms with Gasteiger partial charge in [-0.3, -0.25) is 4.68 Å². The van der Waals surface area contributed by atoms with Gasteiger partial charge in [0.05, 0.1) is 23.1 Å². The molecule has 2 heterocycles. The number of nitrogens with two attached hydrogens (primary N) is 1. The first kappa shape index (κ1) is 20.3. The summed E-state index contributed by atoms with van der Waals surface area (Å²) >= 11 is 0. The zero-order valence-corrected chi connectivity index (χ0v) is 16.9. The van der Waals surface area contributed by atoms with E-state index in [1.807, 2.05) is 20.8 Å². The van der Waals surface area contributed by atoms with E-state index in [9.17, 15) is 9.65 Å². The van der Waals surface area contributed by atoms with Gasteiger partial charge in [-0.25, -0.2) is 14.4 Å². The highest BCUT2D eigenvalue weighted by Crippen LogP contribution is 2.31. The summed E-state index contributed by atoms with van der Waals surface area (Å²) in [6, 6.07) is 6.80. The van der Waals surface area contributed by atoms with Crippen LogP contribution in [0.3, 0.4) is 0 Å². The number of benzene rings is 1. The van der Waals surface area contributed by atoms with Gasteiger partial charge in [-0.15, -0.1) is 0 Å². The molecule has 0 amide bonds. The highest BCUT2D eigenvalue weighted by molar-refractivity contribution is 5.69. The second kappa shape index (κ2) is 8.27. The quantitative estimate of drug-likeness (QED) is 0.683. The van der Waals surface area contributed by atoms with Gasteiger partial charge in [-0.1, -0.05) is 19.9 Å². The lowest BCUT2D eigenvalue weighted by atomic mass is 10.0. The van der Waals surface area contributed by atoms with Gasteiger partial charge in [-0.05, 0) is 43.0 Å². The van der Waals surface area contributed by atoms with Crippen molar-refractivity contribution < 1.29 is 9.13 Å². The SMILES string of the molecule is CCc1ccc(F)cc1[C@@H](C)Oc1nc(-c2c(CC)nn(C)c2C#N)cnc1N. The summed E-state index contributed by atoms with van der Waals surface area (Å²) in [5, 5.41) is 13.9. The van der Waals surface area contributed by atoms with Crippen LogP contribution in [-0.2, 0) is 19.9 Å². The Bertz CT molecular complexity index is 1090. The maximum atomic E-state index is 13.8. The molecule has 0 fully saturated rings. The molecule has 1 aromatic carbocycles. The summed E-state index contributed by atoms with van der Waals surface area (Å²) in [7, 11) is 1.71. The van der Waals surface area contributed by atoms with Crippen LogP contribution in [0.1, 0.15) is 49.4 Å². The smallest absolute Gasteiger partial charge is 0.258 e.